The fourth-order valence-electron chi connectivity index (χ4n) is 1.82. The van der Waals surface area contributed by atoms with Gasteiger partial charge in [0.15, 0.2) is 0 Å². The first-order chi connectivity index (χ1) is 7.13. The number of amides is 1. The quantitative estimate of drug-likeness (QED) is 0.612. The van der Waals surface area contributed by atoms with Crippen molar-refractivity contribution < 1.29 is 9.90 Å². The number of halogens is 1. The number of hydrogen-bond donors (Lipinski definition) is 2. The summed E-state index contributed by atoms with van der Waals surface area (Å²) in [5.74, 6) is 0.311. The van der Waals surface area contributed by atoms with Gasteiger partial charge in [-0.1, -0.05) is 29.5 Å². The molecule has 0 aromatic carbocycles. The van der Waals surface area contributed by atoms with Crippen molar-refractivity contribution in [2.75, 3.05) is 6.54 Å². The van der Waals surface area contributed by atoms with Crippen LogP contribution < -0.4 is 5.32 Å². The smallest absolute Gasteiger partial charge is 0.223 e. The van der Waals surface area contributed by atoms with Crippen LogP contribution in [-0.4, -0.2) is 27.6 Å². The molecule has 0 bridgehead atoms. The Morgan fingerprint density at radius 1 is 1.47 bits per heavy atom. The maximum atomic E-state index is 11.7. The van der Waals surface area contributed by atoms with Crippen molar-refractivity contribution in [2.24, 2.45) is 5.92 Å². The molecular weight excluding hydrogens is 305 g/mol. The summed E-state index contributed by atoms with van der Waals surface area (Å²) in [5.41, 5.74) is 0. The third-order valence-electron chi connectivity index (χ3n) is 3.01. The maximum absolute atomic E-state index is 11.7. The average Bonchev–Trinajstić information content (AvgIpc) is 2.26. The van der Waals surface area contributed by atoms with Crippen LogP contribution in [0.25, 0.3) is 0 Å². The van der Waals surface area contributed by atoms with Crippen molar-refractivity contribution in [1.29, 1.82) is 0 Å². The summed E-state index contributed by atoms with van der Waals surface area (Å²) in [6.45, 7) is 2.32. The molecular formula is C11H20INO2. The van der Waals surface area contributed by atoms with Crippen LogP contribution in [0, 0.1) is 5.92 Å². The van der Waals surface area contributed by atoms with E-state index in [1.165, 1.54) is 0 Å². The second-order valence-electron chi connectivity index (χ2n) is 4.26. The Bertz CT molecular complexity index is 203. The zero-order chi connectivity index (χ0) is 11.3. The van der Waals surface area contributed by atoms with E-state index in [1.807, 2.05) is 6.92 Å². The highest BCUT2D eigenvalue weighted by atomic mass is 127. The summed E-state index contributed by atoms with van der Waals surface area (Å²) in [4.78, 5) is 11.7. The van der Waals surface area contributed by atoms with E-state index in [0.29, 0.717) is 13.0 Å². The van der Waals surface area contributed by atoms with E-state index in [-0.39, 0.29) is 11.8 Å². The molecule has 1 amide bonds. The van der Waals surface area contributed by atoms with Crippen LogP contribution in [0.1, 0.15) is 39.0 Å². The van der Waals surface area contributed by atoms with Crippen LogP contribution in [0.3, 0.4) is 0 Å². The van der Waals surface area contributed by atoms with Crippen molar-refractivity contribution in [3.8, 4) is 0 Å². The van der Waals surface area contributed by atoms with Gasteiger partial charge in [0.05, 0.1) is 6.10 Å². The highest BCUT2D eigenvalue weighted by Gasteiger charge is 2.24. The summed E-state index contributed by atoms with van der Waals surface area (Å²) >= 11 is 2.46. The van der Waals surface area contributed by atoms with Crippen LogP contribution in [0.4, 0.5) is 0 Å². The van der Waals surface area contributed by atoms with Gasteiger partial charge in [-0.3, -0.25) is 4.79 Å². The minimum Gasteiger partial charge on any atom is -0.391 e. The normalized spacial score (nSPS) is 28.5. The van der Waals surface area contributed by atoms with E-state index < -0.39 is 6.10 Å². The van der Waals surface area contributed by atoms with Crippen molar-refractivity contribution in [3.05, 3.63) is 0 Å². The molecule has 2 N–H and O–H groups in total. The Morgan fingerprint density at radius 2 is 2.07 bits per heavy atom. The number of hydrogen-bond acceptors (Lipinski definition) is 2. The van der Waals surface area contributed by atoms with Gasteiger partial charge in [0.1, 0.15) is 0 Å². The third kappa shape index (κ3) is 4.68. The van der Waals surface area contributed by atoms with Gasteiger partial charge < -0.3 is 10.4 Å². The number of carbonyl (C=O) groups excluding carboxylic acids is 1. The molecule has 1 saturated carbocycles. The van der Waals surface area contributed by atoms with Gasteiger partial charge >= 0.3 is 0 Å². The lowest BCUT2D eigenvalue weighted by Crippen LogP contribution is -2.37. The summed E-state index contributed by atoms with van der Waals surface area (Å²) in [6, 6.07) is 0. The first kappa shape index (κ1) is 13.2. The maximum Gasteiger partial charge on any atom is 0.223 e. The molecule has 0 spiro atoms. The number of nitrogens with one attached hydrogen (secondary N) is 1. The molecule has 1 aliphatic carbocycles. The van der Waals surface area contributed by atoms with Gasteiger partial charge in [-0.25, -0.2) is 0 Å². The number of alkyl halides is 1. The number of aliphatic hydroxyl groups is 1. The van der Waals surface area contributed by atoms with E-state index in [0.717, 1.165) is 29.6 Å². The minimum atomic E-state index is -0.394. The Labute approximate surface area is 105 Å². The molecule has 15 heavy (non-hydrogen) atoms. The predicted molar refractivity (Wildman–Crippen MR) is 69.1 cm³/mol. The largest absolute Gasteiger partial charge is 0.391 e. The van der Waals surface area contributed by atoms with Crippen molar-refractivity contribution in [2.45, 2.75) is 49.1 Å². The lowest BCUT2D eigenvalue weighted by Gasteiger charge is -2.24. The standard InChI is InChI=1S/C11H20INO2/c1-2-10(14)7-13-11(15)8-3-5-9(12)6-4-8/h8-10,14H,2-7H2,1H3,(H,13,15). The SMILES string of the molecule is CCC(O)CNC(=O)C1CCC(I)CC1. The lowest BCUT2D eigenvalue weighted by atomic mass is 9.88. The number of rotatable bonds is 4. The van der Waals surface area contributed by atoms with E-state index in [1.54, 1.807) is 0 Å². The molecule has 0 aliphatic heterocycles. The zero-order valence-electron chi connectivity index (χ0n) is 9.21. The summed E-state index contributed by atoms with van der Waals surface area (Å²) in [7, 11) is 0. The fraction of sp³-hybridized carbons (Fsp3) is 0.909. The van der Waals surface area contributed by atoms with Crippen LogP contribution in [0.15, 0.2) is 0 Å². The molecule has 1 unspecified atom stereocenters. The van der Waals surface area contributed by atoms with Gasteiger partial charge in [-0.15, -0.1) is 0 Å². The molecule has 4 heteroatoms. The number of carbonyl (C=O) groups is 1. The average molecular weight is 325 g/mol. The van der Waals surface area contributed by atoms with E-state index in [4.69, 9.17) is 0 Å². The molecule has 1 atom stereocenters. The Hall–Kier alpha value is 0.160. The van der Waals surface area contributed by atoms with Crippen LogP contribution in [-0.2, 0) is 4.79 Å². The molecule has 1 aliphatic rings. The van der Waals surface area contributed by atoms with Crippen molar-refractivity contribution in [1.82, 2.24) is 5.32 Å². The van der Waals surface area contributed by atoms with Gasteiger partial charge in [-0.05, 0) is 32.1 Å². The molecule has 0 radical (unpaired) electrons. The van der Waals surface area contributed by atoms with Crippen molar-refractivity contribution in [3.63, 3.8) is 0 Å². The summed E-state index contributed by atoms with van der Waals surface area (Å²) in [6.07, 6.45) is 4.60. The molecule has 1 rings (SSSR count). The van der Waals surface area contributed by atoms with E-state index in [2.05, 4.69) is 27.9 Å². The molecule has 0 saturated heterocycles. The van der Waals surface area contributed by atoms with Crippen molar-refractivity contribution >= 4 is 28.5 Å². The van der Waals surface area contributed by atoms with Crippen LogP contribution in [0.2, 0.25) is 0 Å². The second kappa shape index (κ2) is 6.68. The van der Waals surface area contributed by atoms with Gasteiger partial charge in [0.25, 0.3) is 0 Å². The zero-order valence-corrected chi connectivity index (χ0v) is 11.4. The fourth-order valence-corrected chi connectivity index (χ4v) is 2.54. The second-order valence-corrected chi connectivity index (χ2v) is 6.02. The van der Waals surface area contributed by atoms with Crippen LogP contribution >= 0.6 is 22.6 Å². The van der Waals surface area contributed by atoms with E-state index in [9.17, 15) is 9.90 Å². The molecule has 88 valence electrons. The molecule has 0 aromatic heterocycles. The predicted octanol–water partition coefficient (Wildman–Crippen LogP) is 1.87. The first-order valence-corrected chi connectivity index (χ1v) is 6.97. The minimum absolute atomic E-state index is 0.130. The lowest BCUT2D eigenvalue weighted by molar-refractivity contribution is -0.126. The Balaban J connectivity index is 2.22. The van der Waals surface area contributed by atoms with Gasteiger partial charge in [0, 0.05) is 16.4 Å². The first-order valence-electron chi connectivity index (χ1n) is 5.73. The third-order valence-corrected chi connectivity index (χ3v) is 4.26. The van der Waals surface area contributed by atoms with Crippen LogP contribution in [0.5, 0.6) is 0 Å². The van der Waals surface area contributed by atoms with E-state index >= 15 is 0 Å². The van der Waals surface area contributed by atoms with Gasteiger partial charge in [0.2, 0.25) is 5.91 Å². The molecule has 0 aromatic rings. The Kier molecular flexibility index (Phi) is 5.89. The van der Waals surface area contributed by atoms with Gasteiger partial charge in [-0.2, -0.15) is 0 Å². The summed E-state index contributed by atoms with van der Waals surface area (Å²) in [5, 5.41) is 12.2. The highest BCUT2D eigenvalue weighted by molar-refractivity contribution is 14.1. The topological polar surface area (TPSA) is 49.3 Å². The summed E-state index contributed by atoms with van der Waals surface area (Å²) < 4.78 is 0.743. The molecule has 1 fully saturated rings. The number of aliphatic hydroxyl groups excluding tert-OH is 1. The monoisotopic (exact) mass is 325 g/mol. The Morgan fingerprint density at radius 3 is 2.60 bits per heavy atom. The highest BCUT2D eigenvalue weighted by Crippen LogP contribution is 2.28. The molecule has 3 nitrogen and oxygen atoms in total. The molecule has 0 heterocycles.